The van der Waals surface area contributed by atoms with Crippen molar-refractivity contribution in [2.75, 3.05) is 19.1 Å². The number of ether oxygens (including phenoxy) is 1. The first-order valence-electron chi connectivity index (χ1n) is 11.1. The van der Waals surface area contributed by atoms with E-state index in [1.165, 1.54) is 29.5 Å². The van der Waals surface area contributed by atoms with E-state index in [0.717, 1.165) is 17.1 Å². The van der Waals surface area contributed by atoms with Crippen molar-refractivity contribution < 1.29 is 9.53 Å². The van der Waals surface area contributed by atoms with Crippen molar-refractivity contribution in [3.8, 4) is 0 Å². The Morgan fingerprint density at radius 2 is 1.50 bits per heavy atom. The first-order chi connectivity index (χ1) is 15.3. The summed E-state index contributed by atoms with van der Waals surface area (Å²) in [6.45, 7) is 9.03. The van der Waals surface area contributed by atoms with Gasteiger partial charge in [0.2, 0.25) is 11.4 Å². The Bertz CT molecular complexity index is 1190. The average Bonchev–Trinajstić information content (AvgIpc) is 2.92. The third-order valence-electron chi connectivity index (χ3n) is 6.18. The van der Waals surface area contributed by atoms with Crippen LogP contribution in [0.2, 0.25) is 0 Å². The Morgan fingerprint density at radius 1 is 0.875 bits per heavy atom. The molecule has 0 saturated carbocycles. The molecule has 0 amide bonds. The minimum Gasteiger partial charge on any atom is -0.465 e. The van der Waals surface area contributed by atoms with Gasteiger partial charge in [0.25, 0.3) is 0 Å². The average molecular weight is 428 g/mol. The largest absolute Gasteiger partial charge is 0.465 e. The molecule has 0 bridgehead atoms. The van der Waals surface area contributed by atoms with Crippen LogP contribution in [0, 0.1) is 0 Å². The van der Waals surface area contributed by atoms with Crippen LogP contribution in [0.5, 0.6) is 0 Å². The van der Waals surface area contributed by atoms with Crippen LogP contribution < -0.4 is 9.48 Å². The zero-order chi connectivity index (χ0) is 23.0. The molecule has 0 aromatic heterocycles. The van der Waals surface area contributed by atoms with Crippen molar-refractivity contribution in [1.29, 1.82) is 0 Å². The number of rotatable bonds is 4. The first kappa shape index (κ1) is 21.8. The molecule has 4 rings (SSSR count). The zero-order valence-corrected chi connectivity index (χ0v) is 19.7. The number of nitrogens with zero attached hydrogens (tertiary/aromatic N) is 2. The van der Waals surface area contributed by atoms with E-state index in [2.05, 4.69) is 86.8 Å². The molecule has 32 heavy (non-hydrogen) atoms. The minimum absolute atomic E-state index is 0.329. The highest BCUT2D eigenvalue weighted by Crippen LogP contribution is 2.41. The minimum atomic E-state index is -0.329. The summed E-state index contributed by atoms with van der Waals surface area (Å²) < 4.78 is 7.06. The van der Waals surface area contributed by atoms with Gasteiger partial charge in [-0.1, -0.05) is 39.8 Å². The van der Waals surface area contributed by atoms with Gasteiger partial charge in [-0.25, -0.2) is 4.79 Å². The van der Waals surface area contributed by atoms with Crippen molar-refractivity contribution in [3.05, 3.63) is 82.9 Å². The highest BCUT2D eigenvalue weighted by atomic mass is 16.5. The van der Waals surface area contributed by atoms with Gasteiger partial charge in [-0.3, -0.25) is 0 Å². The fourth-order valence-corrected chi connectivity index (χ4v) is 4.41. The summed E-state index contributed by atoms with van der Waals surface area (Å²) in [5.74, 6) is 0.561. The van der Waals surface area contributed by atoms with E-state index in [0.29, 0.717) is 17.4 Å². The Morgan fingerprint density at radius 3 is 2.12 bits per heavy atom. The number of esters is 1. The van der Waals surface area contributed by atoms with Crippen LogP contribution in [-0.4, -0.2) is 26.3 Å². The van der Waals surface area contributed by atoms with Crippen molar-refractivity contribution in [1.82, 2.24) is 4.58 Å². The molecule has 1 aliphatic rings. The normalized spacial score (nSPS) is 12.9. The number of methoxy groups -OCH3 is 1. The van der Waals surface area contributed by atoms with E-state index in [4.69, 9.17) is 4.74 Å². The van der Waals surface area contributed by atoms with Crippen molar-refractivity contribution in [3.63, 3.8) is 0 Å². The maximum absolute atomic E-state index is 11.9. The summed E-state index contributed by atoms with van der Waals surface area (Å²) in [4.78, 5) is 14.2. The molecule has 4 heteroatoms. The fraction of sp³-hybridized carbons (Fsp3) is 0.286. The molecule has 0 unspecified atom stereocenters. The second-order valence-corrected chi connectivity index (χ2v) is 8.93. The molecule has 0 fully saturated rings. The summed E-state index contributed by atoms with van der Waals surface area (Å²) in [5, 5.41) is 0. The SMILES string of the molecule is COC(=O)c1ccc([N+]2=Cc3cc(C(C)C)c(C(C)C)cc3N(C)c3ccccc32)cc1. The van der Waals surface area contributed by atoms with E-state index in [-0.39, 0.29) is 5.97 Å². The lowest BCUT2D eigenvalue weighted by molar-refractivity contribution is 0.0601. The number of para-hydroxylation sites is 2. The standard InChI is InChI=1S/C28H31N2O2/c1-18(2)23-15-21-17-30(22-13-11-20(12-14-22)28(31)32-6)26-10-8-7-9-25(26)29(5)27(21)16-24(23)19(3)4/h7-19H,1-6H3/q+1. The lowest BCUT2D eigenvalue weighted by Crippen LogP contribution is -2.13. The van der Waals surface area contributed by atoms with Crippen LogP contribution in [0.3, 0.4) is 0 Å². The molecule has 4 nitrogen and oxygen atoms in total. The maximum atomic E-state index is 11.9. The molecule has 1 aliphatic heterocycles. The lowest BCUT2D eigenvalue weighted by atomic mass is 9.88. The molecule has 0 N–H and O–H groups in total. The van der Waals surface area contributed by atoms with Gasteiger partial charge in [0.1, 0.15) is 5.69 Å². The Labute approximate surface area is 190 Å². The Balaban J connectivity index is 1.96. The number of carbonyl (C=O) groups excluding carboxylic acids is 1. The first-order valence-corrected chi connectivity index (χ1v) is 11.1. The number of carbonyl (C=O) groups is 1. The van der Waals surface area contributed by atoms with E-state index >= 15 is 0 Å². The maximum Gasteiger partial charge on any atom is 0.337 e. The van der Waals surface area contributed by atoms with Crippen LogP contribution >= 0.6 is 0 Å². The van der Waals surface area contributed by atoms with Crippen molar-refractivity contribution in [2.45, 2.75) is 39.5 Å². The molecular weight excluding hydrogens is 396 g/mol. The summed E-state index contributed by atoms with van der Waals surface area (Å²) in [7, 11) is 3.54. The monoisotopic (exact) mass is 427 g/mol. The third kappa shape index (κ3) is 3.81. The number of hydrogen-bond acceptors (Lipinski definition) is 3. The highest BCUT2D eigenvalue weighted by Gasteiger charge is 2.28. The summed E-state index contributed by atoms with van der Waals surface area (Å²) >= 11 is 0. The molecule has 164 valence electrons. The van der Waals surface area contributed by atoms with E-state index in [1.807, 2.05) is 24.3 Å². The number of fused-ring (bicyclic) bond motifs is 2. The summed E-state index contributed by atoms with van der Waals surface area (Å²) in [5.41, 5.74) is 8.91. The van der Waals surface area contributed by atoms with E-state index in [9.17, 15) is 4.79 Å². The number of anilines is 2. The van der Waals surface area contributed by atoms with Crippen LogP contribution in [0.15, 0.2) is 60.7 Å². The van der Waals surface area contributed by atoms with Gasteiger partial charge < -0.3 is 9.64 Å². The van der Waals surface area contributed by atoms with E-state index < -0.39 is 0 Å². The second kappa shape index (κ2) is 8.62. The van der Waals surface area contributed by atoms with E-state index in [1.54, 1.807) is 0 Å². The smallest absolute Gasteiger partial charge is 0.337 e. The number of benzene rings is 3. The van der Waals surface area contributed by atoms with Gasteiger partial charge >= 0.3 is 5.97 Å². The molecule has 3 aromatic rings. The van der Waals surface area contributed by atoms with Gasteiger partial charge in [0, 0.05) is 25.2 Å². The quantitative estimate of drug-likeness (QED) is 0.341. The van der Waals surface area contributed by atoms with Gasteiger partial charge in [-0.15, -0.1) is 0 Å². The molecule has 0 atom stereocenters. The predicted molar refractivity (Wildman–Crippen MR) is 134 cm³/mol. The Kier molecular flexibility index (Phi) is 5.88. The van der Waals surface area contributed by atoms with Gasteiger partial charge in [0.15, 0.2) is 6.21 Å². The van der Waals surface area contributed by atoms with Crippen LogP contribution in [0.1, 0.15) is 66.6 Å². The van der Waals surface area contributed by atoms with Crippen LogP contribution in [0.25, 0.3) is 0 Å². The van der Waals surface area contributed by atoms with Crippen molar-refractivity contribution >= 4 is 34.9 Å². The van der Waals surface area contributed by atoms with Crippen LogP contribution in [0.4, 0.5) is 22.7 Å². The third-order valence-corrected chi connectivity index (χ3v) is 6.18. The van der Waals surface area contributed by atoms with Gasteiger partial charge in [-0.2, -0.15) is 4.58 Å². The topological polar surface area (TPSA) is 32.6 Å². The molecule has 3 aromatic carbocycles. The number of hydrogen-bond donors (Lipinski definition) is 0. The van der Waals surface area contributed by atoms with Gasteiger partial charge in [-0.05, 0) is 53.3 Å². The predicted octanol–water partition coefficient (Wildman–Crippen LogP) is 6.76. The fourth-order valence-electron chi connectivity index (χ4n) is 4.41. The highest BCUT2D eigenvalue weighted by molar-refractivity contribution is 5.99. The van der Waals surface area contributed by atoms with Crippen molar-refractivity contribution in [2.24, 2.45) is 0 Å². The molecule has 0 radical (unpaired) electrons. The second-order valence-electron chi connectivity index (χ2n) is 8.93. The zero-order valence-electron chi connectivity index (χ0n) is 19.7. The summed E-state index contributed by atoms with van der Waals surface area (Å²) in [6.07, 6.45) is 2.21. The molecule has 0 aliphatic carbocycles. The lowest BCUT2D eigenvalue weighted by Gasteiger charge is -2.24. The molecule has 1 heterocycles. The molecule has 0 saturated heterocycles. The molecule has 0 spiro atoms. The van der Waals surface area contributed by atoms with Crippen LogP contribution in [-0.2, 0) is 4.74 Å². The Hall–Kier alpha value is -3.40. The van der Waals surface area contributed by atoms with Gasteiger partial charge in [0.05, 0.1) is 23.9 Å². The summed E-state index contributed by atoms with van der Waals surface area (Å²) in [6, 6.07) is 20.7. The molecular formula is C28H31N2O2+.